The highest BCUT2D eigenvalue weighted by molar-refractivity contribution is 6.06. The first-order chi connectivity index (χ1) is 10.1. The molecule has 2 heterocycles. The summed E-state index contributed by atoms with van der Waals surface area (Å²) in [6.07, 6.45) is 0. The molecule has 4 rings (SSSR count). The lowest BCUT2D eigenvalue weighted by molar-refractivity contribution is 0.569. The van der Waals surface area contributed by atoms with Crippen LogP contribution in [0.15, 0.2) is 51.7 Å². The molecule has 0 spiro atoms. The summed E-state index contributed by atoms with van der Waals surface area (Å²) in [5.74, 6) is 0. The van der Waals surface area contributed by atoms with Gasteiger partial charge in [-0.15, -0.1) is 0 Å². The van der Waals surface area contributed by atoms with Crippen molar-refractivity contribution < 1.29 is 4.42 Å². The van der Waals surface area contributed by atoms with Crippen LogP contribution in [0.1, 0.15) is 11.1 Å². The predicted octanol–water partition coefficient (Wildman–Crippen LogP) is 4.11. The van der Waals surface area contributed by atoms with Crippen LogP contribution in [0.2, 0.25) is 0 Å². The van der Waals surface area contributed by atoms with Gasteiger partial charge in [-0.1, -0.05) is 24.3 Å². The number of para-hydroxylation sites is 1. The van der Waals surface area contributed by atoms with Gasteiger partial charge in [0, 0.05) is 10.8 Å². The monoisotopic (exact) mass is 275 g/mol. The van der Waals surface area contributed by atoms with Gasteiger partial charge in [-0.05, 0) is 43.2 Å². The maximum Gasteiger partial charge on any atom is 0.345 e. The SMILES string of the molecule is Cc1ccc(C)c2nc3c(cc12)c(=O)oc1ccccc13. The highest BCUT2D eigenvalue weighted by Gasteiger charge is 2.11. The zero-order valence-electron chi connectivity index (χ0n) is 11.8. The van der Waals surface area contributed by atoms with E-state index in [0.29, 0.717) is 16.5 Å². The summed E-state index contributed by atoms with van der Waals surface area (Å²) in [5.41, 5.74) is 4.11. The summed E-state index contributed by atoms with van der Waals surface area (Å²) in [4.78, 5) is 17.0. The van der Waals surface area contributed by atoms with Crippen LogP contribution in [0, 0.1) is 13.8 Å². The van der Waals surface area contributed by atoms with Gasteiger partial charge in [0.25, 0.3) is 0 Å². The molecule has 3 heteroatoms. The summed E-state index contributed by atoms with van der Waals surface area (Å²) in [6.45, 7) is 4.06. The average Bonchev–Trinajstić information content (AvgIpc) is 2.50. The third-order valence-corrected chi connectivity index (χ3v) is 3.97. The van der Waals surface area contributed by atoms with E-state index in [9.17, 15) is 4.79 Å². The molecule has 0 saturated heterocycles. The van der Waals surface area contributed by atoms with E-state index in [1.165, 1.54) is 0 Å². The Morgan fingerprint density at radius 2 is 1.62 bits per heavy atom. The van der Waals surface area contributed by atoms with Gasteiger partial charge in [-0.25, -0.2) is 9.78 Å². The average molecular weight is 275 g/mol. The largest absolute Gasteiger partial charge is 0.422 e. The van der Waals surface area contributed by atoms with Crippen molar-refractivity contribution in [3.8, 4) is 0 Å². The second-order valence-electron chi connectivity index (χ2n) is 5.37. The van der Waals surface area contributed by atoms with E-state index < -0.39 is 0 Å². The van der Waals surface area contributed by atoms with Gasteiger partial charge >= 0.3 is 5.63 Å². The van der Waals surface area contributed by atoms with Crippen molar-refractivity contribution in [2.75, 3.05) is 0 Å². The van der Waals surface area contributed by atoms with Gasteiger partial charge in [0.2, 0.25) is 0 Å². The Labute approximate surface area is 120 Å². The van der Waals surface area contributed by atoms with E-state index in [2.05, 4.69) is 6.07 Å². The Bertz CT molecular complexity index is 1080. The molecule has 102 valence electrons. The standard InChI is InChI=1S/C18H13NO2/c1-10-7-8-11(2)16-13(10)9-14-17(19-16)12-5-3-4-6-15(12)21-18(14)20/h3-9H,1-2H3. The van der Waals surface area contributed by atoms with E-state index in [0.717, 1.165) is 27.4 Å². The van der Waals surface area contributed by atoms with Gasteiger partial charge < -0.3 is 4.42 Å². The molecule has 3 nitrogen and oxygen atoms in total. The van der Waals surface area contributed by atoms with Crippen molar-refractivity contribution >= 4 is 32.8 Å². The lowest BCUT2D eigenvalue weighted by atomic mass is 10.0. The number of aromatic nitrogens is 1. The Balaban J connectivity index is 2.34. The summed E-state index contributed by atoms with van der Waals surface area (Å²) in [7, 11) is 0. The number of benzene rings is 2. The van der Waals surface area contributed by atoms with Crippen molar-refractivity contribution in [2.45, 2.75) is 13.8 Å². The fraction of sp³-hybridized carbons (Fsp3) is 0.111. The van der Waals surface area contributed by atoms with Crippen LogP contribution in [0.5, 0.6) is 0 Å². The molecular formula is C18H13NO2. The lowest BCUT2D eigenvalue weighted by Gasteiger charge is -2.08. The molecule has 0 fully saturated rings. The molecule has 0 aliphatic carbocycles. The summed E-state index contributed by atoms with van der Waals surface area (Å²) in [5, 5.41) is 2.41. The molecule has 0 unspecified atom stereocenters. The van der Waals surface area contributed by atoms with Crippen LogP contribution in [-0.2, 0) is 0 Å². The number of pyridine rings is 1. The topological polar surface area (TPSA) is 43.1 Å². The van der Waals surface area contributed by atoms with Crippen molar-refractivity contribution in [1.82, 2.24) is 4.98 Å². The van der Waals surface area contributed by atoms with Crippen molar-refractivity contribution in [1.29, 1.82) is 0 Å². The highest BCUT2D eigenvalue weighted by Crippen LogP contribution is 2.27. The molecule has 4 aromatic rings. The Kier molecular flexibility index (Phi) is 2.39. The third-order valence-electron chi connectivity index (χ3n) is 3.97. The van der Waals surface area contributed by atoms with E-state index >= 15 is 0 Å². The fourth-order valence-electron chi connectivity index (χ4n) is 2.80. The Hall–Kier alpha value is -2.68. The zero-order chi connectivity index (χ0) is 14.6. The first kappa shape index (κ1) is 12.1. The first-order valence-electron chi connectivity index (χ1n) is 6.87. The van der Waals surface area contributed by atoms with Gasteiger partial charge in [0.05, 0.1) is 16.4 Å². The molecule has 0 aliphatic rings. The molecule has 0 atom stereocenters. The van der Waals surface area contributed by atoms with E-state index in [1.807, 2.05) is 44.2 Å². The van der Waals surface area contributed by atoms with Crippen LogP contribution in [0.4, 0.5) is 0 Å². The normalized spacial score (nSPS) is 11.5. The van der Waals surface area contributed by atoms with Crippen LogP contribution < -0.4 is 5.63 Å². The second-order valence-corrected chi connectivity index (χ2v) is 5.37. The van der Waals surface area contributed by atoms with Gasteiger partial charge in [-0.3, -0.25) is 0 Å². The fourth-order valence-corrected chi connectivity index (χ4v) is 2.80. The molecule has 0 bridgehead atoms. The molecule has 2 aromatic carbocycles. The number of hydrogen-bond donors (Lipinski definition) is 0. The predicted molar refractivity (Wildman–Crippen MR) is 84.8 cm³/mol. The minimum Gasteiger partial charge on any atom is -0.422 e. The van der Waals surface area contributed by atoms with E-state index in [-0.39, 0.29) is 5.63 Å². The van der Waals surface area contributed by atoms with Crippen molar-refractivity contribution in [3.05, 3.63) is 64.0 Å². The summed E-state index contributed by atoms with van der Waals surface area (Å²) in [6, 6.07) is 13.5. The van der Waals surface area contributed by atoms with Gasteiger partial charge in [0.1, 0.15) is 5.58 Å². The second kappa shape index (κ2) is 4.16. The smallest absolute Gasteiger partial charge is 0.345 e. The molecule has 0 radical (unpaired) electrons. The molecule has 2 aromatic heterocycles. The minimum absolute atomic E-state index is 0.334. The molecule has 0 aliphatic heterocycles. The van der Waals surface area contributed by atoms with E-state index in [4.69, 9.17) is 9.40 Å². The van der Waals surface area contributed by atoms with Crippen LogP contribution in [0.3, 0.4) is 0 Å². The van der Waals surface area contributed by atoms with Crippen molar-refractivity contribution in [2.24, 2.45) is 0 Å². The van der Waals surface area contributed by atoms with E-state index in [1.54, 1.807) is 6.07 Å². The summed E-state index contributed by atoms with van der Waals surface area (Å²) < 4.78 is 5.40. The summed E-state index contributed by atoms with van der Waals surface area (Å²) >= 11 is 0. The molecule has 0 amide bonds. The number of nitrogens with zero attached hydrogens (tertiary/aromatic N) is 1. The molecular weight excluding hydrogens is 262 g/mol. The third kappa shape index (κ3) is 1.67. The number of fused-ring (bicyclic) bond motifs is 4. The van der Waals surface area contributed by atoms with Crippen LogP contribution in [0.25, 0.3) is 32.8 Å². The number of rotatable bonds is 0. The first-order valence-corrected chi connectivity index (χ1v) is 6.87. The van der Waals surface area contributed by atoms with Gasteiger partial charge in [-0.2, -0.15) is 0 Å². The van der Waals surface area contributed by atoms with Crippen LogP contribution in [-0.4, -0.2) is 4.98 Å². The lowest BCUT2D eigenvalue weighted by Crippen LogP contribution is -2.02. The minimum atomic E-state index is -0.334. The Morgan fingerprint density at radius 3 is 2.48 bits per heavy atom. The molecule has 0 saturated carbocycles. The molecule has 21 heavy (non-hydrogen) atoms. The zero-order valence-corrected chi connectivity index (χ0v) is 11.8. The van der Waals surface area contributed by atoms with Crippen LogP contribution >= 0.6 is 0 Å². The molecule has 0 N–H and O–H groups in total. The Morgan fingerprint density at radius 1 is 0.857 bits per heavy atom. The van der Waals surface area contributed by atoms with Crippen molar-refractivity contribution in [3.63, 3.8) is 0 Å². The van der Waals surface area contributed by atoms with Gasteiger partial charge in [0.15, 0.2) is 0 Å². The maximum atomic E-state index is 12.2. The number of hydrogen-bond acceptors (Lipinski definition) is 3. The highest BCUT2D eigenvalue weighted by atomic mass is 16.4. The number of aryl methyl sites for hydroxylation is 2. The quantitative estimate of drug-likeness (QED) is 0.275. The maximum absolute atomic E-state index is 12.2.